The van der Waals surface area contributed by atoms with Crippen LogP contribution in [0.1, 0.15) is 58.1 Å². The molecule has 0 aromatic heterocycles. The molecular formula is C33H49N3O7. The number of carbonyl (C=O) groups is 2. The van der Waals surface area contributed by atoms with Gasteiger partial charge < -0.3 is 36.2 Å². The van der Waals surface area contributed by atoms with Crippen molar-refractivity contribution in [2.24, 2.45) is 5.41 Å². The Morgan fingerprint density at radius 3 is 1.93 bits per heavy atom. The maximum Gasteiger partial charge on any atom is 0.408 e. The van der Waals surface area contributed by atoms with Gasteiger partial charge in [-0.05, 0) is 57.1 Å². The Balaban J connectivity index is 1.74. The minimum absolute atomic E-state index is 0.00875. The summed E-state index contributed by atoms with van der Waals surface area (Å²) in [6.45, 7) is 6.44. The number of hydrogen-bond donors (Lipinski definition) is 7. The Bertz CT molecular complexity index is 1180. The third-order valence-corrected chi connectivity index (χ3v) is 8.93. The molecule has 1 saturated carbocycles. The zero-order valence-electron chi connectivity index (χ0n) is 25.7. The second-order valence-corrected chi connectivity index (χ2v) is 13.0. The van der Waals surface area contributed by atoms with Crippen LogP contribution in [0.5, 0.6) is 0 Å². The number of amides is 2. The molecule has 0 radical (unpaired) electrons. The largest absolute Gasteiger partial charge is 0.465 e. The summed E-state index contributed by atoms with van der Waals surface area (Å²) < 4.78 is 0. The third kappa shape index (κ3) is 8.55. The summed E-state index contributed by atoms with van der Waals surface area (Å²) in [7, 11) is 0. The second-order valence-electron chi connectivity index (χ2n) is 13.0. The van der Waals surface area contributed by atoms with Crippen molar-refractivity contribution in [1.82, 2.24) is 15.5 Å². The first-order valence-electron chi connectivity index (χ1n) is 15.0. The molecule has 7 N–H and O–H groups in total. The van der Waals surface area contributed by atoms with Gasteiger partial charge in [-0.25, -0.2) is 4.79 Å². The predicted octanol–water partition coefficient (Wildman–Crippen LogP) is 2.33. The van der Waals surface area contributed by atoms with E-state index in [1.165, 1.54) is 0 Å². The van der Waals surface area contributed by atoms with E-state index in [-0.39, 0.29) is 19.5 Å². The molecule has 0 bridgehead atoms. The normalized spacial score (nSPS) is 21.0. The van der Waals surface area contributed by atoms with E-state index in [4.69, 9.17) is 0 Å². The van der Waals surface area contributed by atoms with E-state index in [0.717, 1.165) is 22.4 Å². The SMILES string of the molecule is CC(C)(CO)N(C(=O)O)[C@@H](Cc1ccccc1)[C@H](O)CNC[C@@H](O)[C@H](Cc1ccccc1)NC(=O)C1(O)CCCC1(C)C. The number of benzene rings is 2. The number of nitrogens with one attached hydrogen (secondary N) is 2. The van der Waals surface area contributed by atoms with Gasteiger partial charge in [0.15, 0.2) is 0 Å². The van der Waals surface area contributed by atoms with E-state index in [9.17, 15) is 35.1 Å². The maximum atomic E-state index is 13.4. The topological polar surface area (TPSA) is 163 Å². The molecule has 2 aromatic rings. The smallest absolute Gasteiger partial charge is 0.408 e. The van der Waals surface area contributed by atoms with Gasteiger partial charge in [-0.3, -0.25) is 9.69 Å². The number of carbonyl (C=O) groups excluding carboxylic acids is 1. The molecule has 0 aliphatic heterocycles. The molecule has 10 heteroatoms. The van der Waals surface area contributed by atoms with Crippen LogP contribution in [0, 0.1) is 5.41 Å². The molecule has 1 aliphatic rings. The average Bonchev–Trinajstić information content (AvgIpc) is 3.25. The Hall–Kier alpha value is -3.02. The summed E-state index contributed by atoms with van der Waals surface area (Å²) in [5.74, 6) is -0.513. The third-order valence-electron chi connectivity index (χ3n) is 8.93. The molecule has 0 saturated heterocycles. The summed E-state index contributed by atoms with van der Waals surface area (Å²) >= 11 is 0. The summed E-state index contributed by atoms with van der Waals surface area (Å²) in [6.07, 6.45) is -1.21. The quantitative estimate of drug-likeness (QED) is 0.164. The van der Waals surface area contributed by atoms with E-state index >= 15 is 0 Å². The fraction of sp³-hybridized carbons (Fsp3) is 0.576. The van der Waals surface area contributed by atoms with Crippen molar-refractivity contribution in [2.75, 3.05) is 19.7 Å². The zero-order chi connectivity index (χ0) is 31.8. The summed E-state index contributed by atoms with van der Waals surface area (Å²) in [4.78, 5) is 26.8. The zero-order valence-corrected chi connectivity index (χ0v) is 25.7. The van der Waals surface area contributed by atoms with Gasteiger partial charge in [0.25, 0.3) is 5.91 Å². The predicted molar refractivity (Wildman–Crippen MR) is 165 cm³/mol. The molecule has 3 rings (SSSR count). The molecule has 1 aliphatic carbocycles. The van der Waals surface area contributed by atoms with Crippen LogP contribution < -0.4 is 10.6 Å². The Morgan fingerprint density at radius 1 is 0.907 bits per heavy atom. The Kier molecular flexibility index (Phi) is 11.7. The van der Waals surface area contributed by atoms with Crippen molar-refractivity contribution in [3.63, 3.8) is 0 Å². The summed E-state index contributed by atoms with van der Waals surface area (Å²) in [6, 6.07) is 17.0. The standard InChI is InChI=1S/C33H49N3O7/c1-31(2)16-11-17-33(31,43)29(40)35-25(18-23-12-7-5-8-13-23)27(38)20-34-21-28(39)26(19-24-14-9-6-10-15-24)36(30(41)42)32(3,4)22-37/h5-10,12-15,25-28,34,37-39,43H,11,16-22H2,1-4H3,(H,35,40)(H,41,42)/t25-,26-,27+,28+,33?/m0/s1. The highest BCUT2D eigenvalue weighted by Gasteiger charge is 2.53. The lowest BCUT2D eigenvalue weighted by molar-refractivity contribution is -0.151. The molecule has 43 heavy (non-hydrogen) atoms. The molecule has 2 aromatic carbocycles. The molecule has 2 amide bonds. The van der Waals surface area contributed by atoms with Crippen molar-refractivity contribution in [1.29, 1.82) is 0 Å². The van der Waals surface area contributed by atoms with Crippen molar-refractivity contribution >= 4 is 12.0 Å². The van der Waals surface area contributed by atoms with Gasteiger partial charge in [-0.15, -0.1) is 0 Å². The number of nitrogens with zero attached hydrogens (tertiary/aromatic N) is 1. The molecule has 0 spiro atoms. The van der Waals surface area contributed by atoms with Crippen molar-refractivity contribution < 1.29 is 35.1 Å². The lowest BCUT2D eigenvalue weighted by Crippen LogP contribution is -2.61. The monoisotopic (exact) mass is 599 g/mol. The highest BCUT2D eigenvalue weighted by Crippen LogP contribution is 2.46. The van der Waals surface area contributed by atoms with Crippen LogP contribution in [-0.2, 0) is 17.6 Å². The van der Waals surface area contributed by atoms with Crippen LogP contribution in [0.15, 0.2) is 60.7 Å². The average molecular weight is 600 g/mol. The van der Waals surface area contributed by atoms with E-state index in [2.05, 4.69) is 10.6 Å². The van der Waals surface area contributed by atoms with Crippen LogP contribution >= 0.6 is 0 Å². The van der Waals surface area contributed by atoms with Crippen LogP contribution in [0.4, 0.5) is 4.79 Å². The number of rotatable bonds is 15. The number of hydrogen-bond acceptors (Lipinski definition) is 7. The molecular weight excluding hydrogens is 550 g/mol. The van der Waals surface area contributed by atoms with Gasteiger partial charge in [0.1, 0.15) is 5.60 Å². The summed E-state index contributed by atoms with van der Waals surface area (Å²) in [5.41, 5.74) is -1.59. The highest BCUT2D eigenvalue weighted by molar-refractivity contribution is 5.86. The van der Waals surface area contributed by atoms with E-state index in [1.54, 1.807) is 13.8 Å². The van der Waals surface area contributed by atoms with E-state index in [1.807, 2.05) is 74.5 Å². The molecule has 5 atom stereocenters. The Morgan fingerprint density at radius 2 is 1.44 bits per heavy atom. The number of carboxylic acid groups (broad SMARTS) is 1. The lowest BCUT2D eigenvalue weighted by Gasteiger charge is -2.43. The summed E-state index contributed by atoms with van der Waals surface area (Å²) in [5, 5.41) is 59.8. The first-order valence-corrected chi connectivity index (χ1v) is 15.0. The molecule has 1 fully saturated rings. The van der Waals surface area contributed by atoms with Gasteiger partial charge in [0.2, 0.25) is 0 Å². The van der Waals surface area contributed by atoms with E-state index in [0.29, 0.717) is 19.3 Å². The van der Waals surface area contributed by atoms with Crippen LogP contribution in [-0.4, -0.2) is 97.6 Å². The highest BCUT2D eigenvalue weighted by atomic mass is 16.4. The van der Waals surface area contributed by atoms with Crippen molar-refractivity contribution in [3.05, 3.63) is 71.8 Å². The van der Waals surface area contributed by atoms with Crippen molar-refractivity contribution in [3.8, 4) is 0 Å². The maximum absolute atomic E-state index is 13.4. The van der Waals surface area contributed by atoms with Crippen molar-refractivity contribution in [2.45, 2.75) is 95.2 Å². The number of aliphatic hydroxyl groups is 4. The molecule has 238 valence electrons. The van der Waals surface area contributed by atoms with Gasteiger partial charge in [0, 0.05) is 18.5 Å². The van der Waals surface area contributed by atoms with E-state index < -0.39 is 59.5 Å². The first kappa shape index (κ1) is 34.5. The minimum Gasteiger partial charge on any atom is -0.465 e. The Labute approximate surface area is 254 Å². The van der Waals surface area contributed by atoms with Gasteiger partial charge in [-0.1, -0.05) is 74.5 Å². The van der Waals surface area contributed by atoms with Crippen LogP contribution in [0.25, 0.3) is 0 Å². The van der Waals surface area contributed by atoms with Gasteiger partial charge >= 0.3 is 6.09 Å². The van der Waals surface area contributed by atoms with Gasteiger partial charge in [-0.2, -0.15) is 0 Å². The first-order chi connectivity index (χ1) is 20.2. The molecule has 1 unspecified atom stereocenters. The van der Waals surface area contributed by atoms with Gasteiger partial charge in [0.05, 0.1) is 36.4 Å². The van der Waals surface area contributed by atoms with Crippen LogP contribution in [0.2, 0.25) is 0 Å². The molecule has 10 nitrogen and oxygen atoms in total. The van der Waals surface area contributed by atoms with Crippen LogP contribution in [0.3, 0.4) is 0 Å². The minimum atomic E-state index is -1.55. The second kappa shape index (κ2) is 14.6. The molecule has 0 heterocycles. The fourth-order valence-corrected chi connectivity index (χ4v) is 6.03. The lowest BCUT2D eigenvalue weighted by atomic mass is 9.77. The number of aliphatic hydroxyl groups excluding tert-OH is 3. The fourth-order valence-electron chi connectivity index (χ4n) is 6.03.